The summed E-state index contributed by atoms with van der Waals surface area (Å²) in [5.41, 5.74) is 12.5. The molecule has 0 spiro atoms. The van der Waals surface area contributed by atoms with Crippen LogP contribution in [0.2, 0.25) is 0 Å². The van der Waals surface area contributed by atoms with Gasteiger partial charge in [-0.2, -0.15) is 0 Å². The van der Waals surface area contributed by atoms with E-state index in [2.05, 4.69) is 205 Å². The minimum Gasteiger partial charge on any atom is -0.309 e. The number of hydrogen-bond acceptors (Lipinski definition) is 0. The van der Waals surface area contributed by atoms with Crippen LogP contribution in [-0.4, -0.2) is 12.6 Å². The van der Waals surface area contributed by atoms with Crippen LogP contribution < -0.4 is 20.7 Å². The molecule has 1 heterocycles. The van der Waals surface area contributed by atoms with Gasteiger partial charge in [0, 0.05) is 28.3 Å². The molecule has 0 fully saturated rings. The fourth-order valence-corrected chi connectivity index (χ4v) is 14.7. The van der Waals surface area contributed by atoms with Gasteiger partial charge in [0.05, 0.1) is 11.0 Å². The maximum absolute atomic E-state index is 2.62. The molecule has 9 aromatic rings. The summed E-state index contributed by atoms with van der Waals surface area (Å²) < 4.78 is 2.51. The third-order valence-electron chi connectivity index (χ3n) is 11.9. The van der Waals surface area contributed by atoms with Crippen molar-refractivity contribution in [3.05, 3.63) is 234 Å². The quantitative estimate of drug-likeness (QED) is 0.127. The zero-order valence-corrected chi connectivity index (χ0v) is 29.7. The fraction of sp³-hybridized carbons (Fsp3) is 0.0400. The lowest BCUT2D eigenvalue weighted by molar-refractivity contribution is 0.761. The van der Waals surface area contributed by atoms with E-state index in [0.29, 0.717) is 0 Å². The molecule has 12 rings (SSSR count). The number of rotatable bonds is 5. The Morgan fingerprint density at radius 1 is 0.327 bits per heavy atom. The summed E-state index contributed by atoms with van der Waals surface area (Å²) in [5, 5.41) is 8.25. The molecule has 244 valence electrons. The van der Waals surface area contributed by atoms with Gasteiger partial charge in [-0.15, -0.1) is 0 Å². The van der Waals surface area contributed by atoms with E-state index in [1.54, 1.807) is 0 Å². The molecule has 0 atom stereocenters. The number of aromatic nitrogens is 1. The molecular weight excluding hydrogens is 643 g/mol. The summed E-state index contributed by atoms with van der Waals surface area (Å²) in [6, 6.07) is 75.3. The zero-order valence-electron chi connectivity index (χ0n) is 28.7. The van der Waals surface area contributed by atoms with Gasteiger partial charge >= 0.3 is 0 Å². The van der Waals surface area contributed by atoms with Crippen LogP contribution in [0.1, 0.15) is 45.2 Å². The lowest BCUT2D eigenvalue weighted by Crippen LogP contribution is -2.74. The summed E-state index contributed by atoms with van der Waals surface area (Å²) >= 11 is 0. The van der Waals surface area contributed by atoms with Crippen molar-refractivity contribution in [3.8, 4) is 5.69 Å². The Morgan fingerprint density at radius 3 is 1.31 bits per heavy atom. The van der Waals surface area contributed by atoms with Gasteiger partial charge in [-0.3, -0.25) is 0 Å². The molecule has 3 aliphatic carbocycles. The second-order valence-electron chi connectivity index (χ2n) is 14.3. The van der Waals surface area contributed by atoms with Crippen LogP contribution >= 0.6 is 0 Å². The van der Waals surface area contributed by atoms with Crippen LogP contribution in [0.15, 0.2) is 200 Å². The first-order valence-electron chi connectivity index (χ1n) is 18.3. The summed E-state index contributed by atoms with van der Waals surface area (Å²) in [5.74, 6) is 0.470. The first-order chi connectivity index (χ1) is 25.8. The fourth-order valence-electron chi connectivity index (χ4n) is 9.92. The van der Waals surface area contributed by atoms with Gasteiger partial charge in [-0.1, -0.05) is 176 Å². The SMILES string of the molecule is c1ccc([Si](c2ccccc2)(c2ccccc2)c2ccc(-n3c4ccccc4c4c5c(ccc43)C3c4ccccc4C5c4ccccc43)cc2)cc1. The molecule has 0 aliphatic heterocycles. The van der Waals surface area contributed by atoms with Crippen molar-refractivity contribution in [2.24, 2.45) is 0 Å². The van der Waals surface area contributed by atoms with Crippen molar-refractivity contribution in [1.82, 2.24) is 4.57 Å². The lowest BCUT2D eigenvalue weighted by Gasteiger charge is -2.42. The molecule has 0 radical (unpaired) electrons. The van der Waals surface area contributed by atoms with Crippen molar-refractivity contribution in [2.45, 2.75) is 11.8 Å². The van der Waals surface area contributed by atoms with Crippen molar-refractivity contribution < 1.29 is 0 Å². The average Bonchev–Trinajstić information content (AvgIpc) is 3.57. The second-order valence-corrected chi connectivity index (χ2v) is 18.1. The largest absolute Gasteiger partial charge is 0.309 e. The predicted octanol–water partition coefficient (Wildman–Crippen LogP) is 9.15. The Morgan fingerprint density at radius 2 is 0.769 bits per heavy atom. The van der Waals surface area contributed by atoms with Gasteiger partial charge in [-0.05, 0) is 78.4 Å². The molecule has 0 saturated carbocycles. The first kappa shape index (κ1) is 29.5. The number of benzene rings is 8. The number of para-hydroxylation sites is 1. The normalized spacial score (nSPS) is 15.7. The van der Waals surface area contributed by atoms with Crippen molar-refractivity contribution in [2.75, 3.05) is 0 Å². The third kappa shape index (κ3) is 3.99. The number of fused-ring (bicyclic) bond motifs is 3. The highest BCUT2D eigenvalue weighted by atomic mass is 28.3. The van der Waals surface area contributed by atoms with Crippen LogP contribution in [0.3, 0.4) is 0 Å². The van der Waals surface area contributed by atoms with E-state index in [9.17, 15) is 0 Å². The van der Waals surface area contributed by atoms with Crippen LogP contribution in [0.25, 0.3) is 27.5 Å². The Labute approximate surface area is 305 Å². The Kier molecular flexibility index (Phi) is 6.47. The highest BCUT2D eigenvalue weighted by Gasteiger charge is 2.43. The molecule has 0 unspecified atom stereocenters. The van der Waals surface area contributed by atoms with Crippen LogP contribution in [0, 0.1) is 0 Å². The summed E-state index contributed by atoms with van der Waals surface area (Å²) in [7, 11) is -2.62. The van der Waals surface area contributed by atoms with Crippen molar-refractivity contribution >= 4 is 50.6 Å². The molecule has 52 heavy (non-hydrogen) atoms. The summed E-state index contributed by atoms with van der Waals surface area (Å²) in [4.78, 5) is 0. The molecule has 1 nitrogen and oxygen atoms in total. The maximum atomic E-state index is 2.51. The van der Waals surface area contributed by atoms with E-state index in [0.717, 1.165) is 0 Å². The van der Waals surface area contributed by atoms with Crippen molar-refractivity contribution in [1.29, 1.82) is 0 Å². The lowest BCUT2D eigenvalue weighted by atomic mass is 9.60. The van der Waals surface area contributed by atoms with Gasteiger partial charge < -0.3 is 4.57 Å². The zero-order chi connectivity index (χ0) is 34.2. The first-order valence-corrected chi connectivity index (χ1v) is 20.3. The Hall–Kier alpha value is -6.22. The molecule has 0 saturated heterocycles. The van der Waals surface area contributed by atoms with Crippen molar-refractivity contribution in [3.63, 3.8) is 0 Å². The minimum absolute atomic E-state index is 0.215. The minimum atomic E-state index is -2.62. The standard InChI is InChI=1S/C50H35NSi/c1-4-16-35(17-5-1)52(36-18-6-2-7-19-36,37-20-8-3-9-21-37)38-30-28-34(29-31-38)51-45-27-15-14-26-43(45)49-46(51)33-32-44-47-39-22-10-12-24-41(39)48(50(44)49)42-25-13-11-23-40(42)47/h1-33,47-48H. The van der Waals surface area contributed by atoms with E-state index in [-0.39, 0.29) is 11.8 Å². The number of nitrogens with zero attached hydrogens (tertiary/aromatic N) is 1. The number of hydrogen-bond donors (Lipinski definition) is 0. The average molecular weight is 678 g/mol. The van der Waals surface area contributed by atoms with Gasteiger partial charge in [-0.25, -0.2) is 0 Å². The smallest absolute Gasteiger partial charge is 0.179 e. The summed E-state index contributed by atoms with van der Waals surface area (Å²) in [6.07, 6.45) is 0. The summed E-state index contributed by atoms with van der Waals surface area (Å²) in [6.45, 7) is 0. The highest BCUT2D eigenvalue weighted by molar-refractivity contribution is 7.19. The van der Waals surface area contributed by atoms with E-state index in [1.165, 1.54) is 81.6 Å². The highest BCUT2D eigenvalue weighted by Crippen LogP contribution is 2.58. The van der Waals surface area contributed by atoms with E-state index in [4.69, 9.17) is 0 Å². The van der Waals surface area contributed by atoms with E-state index < -0.39 is 8.07 Å². The van der Waals surface area contributed by atoms with Crippen LogP contribution in [0.4, 0.5) is 0 Å². The van der Waals surface area contributed by atoms with Crippen LogP contribution in [-0.2, 0) is 0 Å². The second kappa shape index (κ2) is 11.4. The van der Waals surface area contributed by atoms with Gasteiger partial charge in [0.15, 0.2) is 8.07 Å². The molecule has 1 aromatic heterocycles. The van der Waals surface area contributed by atoms with Gasteiger partial charge in [0.25, 0.3) is 0 Å². The third-order valence-corrected chi connectivity index (χ3v) is 16.7. The van der Waals surface area contributed by atoms with E-state index >= 15 is 0 Å². The van der Waals surface area contributed by atoms with Gasteiger partial charge in [0.2, 0.25) is 0 Å². The molecule has 8 aromatic carbocycles. The molecule has 2 heteroatoms. The molecule has 3 aliphatic rings. The van der Waals surface area contributed by atoms with Gasteiger partial charge in [0.1, 0.15) is 0 Å². The molecule has 0 amide bonds. The van der Waals surface area contributed by atoms with E-state index in [1.807, 2.05) is 0 Å². The Balaban J connectivity index is 1.15. The van der Waals surface area contributed by atoms with Crippen LogP contribution in [0.5, 0.6) is 0 Å². The maximum Gasteiger partial charge on any atom is 0.179 e. The molecule has 2 bridgehead atoms. The monoisotopic (exact) mass is 677 g/mol. The topological polar surface area (TPSA) is 4.93 Å². The predicted molar refractivity (Wildman–Crippen MR) is 219 cm³/mol. The molecule has 0 N–H and O–H groups in total. The molecular formula is C50H35NSi. The Bertz CT molecular complexity index is 2640.